The van der Waals surface area contributed by atoms with Gasteiger partial charge in [0.25, 0.3) is 0 Å². The molecule has 1 aromatic rings. The number of likely N-dealkylation sites (N-methyl/N-ethyl adjacent to an activating group) is 1. The molecule has 1 unspecified atom stereocenters. The second-order valence-electron chi connectivity index (χ2n) is 5.36. The predicted octanol–water partition coefficient (Wildman–Crippen LogP) is 2.20. The standard InChI is InChI=1S/C16H27N3/c1-3-7-16(14-17-2)19-12-10-18(11-13-19)15-8-5-4-6-9-15/h4-6,8-9,16-17H,3,7,10-14H2,1-2H3. The SMILES string of the molecule is CCCC(CNC)N1CCN(c2ccccc2)CC1. The van der Waals surface area contributed by atoms with E-state index >= 15 is 0 Å². The van der Waals surface area contributed by atoms with Gasteiger partial charge in [-0.15, -0.1) is 0 Å². The van der Waals surface area contributed by atoms with Crippen LogP contribution < -0.4 is 10.2 Å². The smallest absolute Gasteiger partial charge is 0.0367 e. The van der Waals surface area contributed by atoms with E-state index in [2.05, 4.69) is 59.4 Å². The Labute approximate surface area is 117 Å². The van der Waals surface area contributed by atoms with Gasteiger partial charge in [-0.3, -0.25) is 4.90 Å². The van der Waals surface area contributed by atoms with Crippen LogP contribution in [0.3, 0.4) is 0 Å². The third-order valence-electron chi connectivity index (χ3n) is 4.01. The summed E-state index contributed by atoms with van der Waals surface area (Å²) in [5.41, 5.74) is 1.36. The van der Waals surface area contributed by atoms with Crippen LogP contribution in [0, 0.1) is 0 Å². The summed E-state index contributed by atoms with van der Waals surface area (Å²) in [4.78, 5) is 5.15. The summed E-state index contributed by atoms with van der Waals surface area (Å²) in [6, 6.07) is 11.5. The number of hydrogen-bond acceptors (Lipinski definition) is 3. The molecule has 0 radical (unpaired) electrons. The van der Waals surface area contributed by atoms with Gasteiger partial charge in [0.05, 0.1) is 0 Å². The maximum atomic E-state index is 3.34. The molecule has 1 N–H and O–H groups in total. The van der Waals surface area contributed by atoms with Gasteiger partial charge >= 0.3 is 0 Å². The highest BCUT2D eigenvalue weighted by Gasteiger charge is 2.22. The van der Waals surface area contributed by atoms with E-state index in [4.69, 9.17) is 0 Å². The van der Waals surface area contributed by atoms with Crippen molar-refractivity contribution in [3.63, 3.8) is 0 Å². The van der Waals surface area contributed by atoms with Gasteiger partial charge < -0.3 is 10.2 Å². The molecule has 1 aliphatic heterocycles. The molecule has 0 spiro atoms. The lowest BCUT2D eigenvalue weighted by Crippen LogP contribution is -2.52. The quantitative estimate of drug-likeness (QED) is 0.847. The Balaban J connectivity index is 1.87. The minimum absolute atomic E-state index is 0.702. The van der Waals surface area contributed by atoms with E-state index in [9.17, 15) is 0 Å². The van der Waals surface area contributed by atoms with Crippen LogP contribution in [-0.2, 0) is 0 Å². The molecule has 3 nitrogen and oxygen atoms in total. The van der Waals surface area contributed by atoms with Crippen LogP contribution in [0.15, 0.2) is 30.3 Å². The van der Waals surface area contributed by atoms with Gasteiger partial charge in [-0.2, -0.15) is 0 Å². The van der Waals surface area contributed by atoms with Crippen molar-refractivity contribution in [3.8, 4) is 0 Å². The molecule has 1 atom stereocenters. The number of nitrogens with zero attached hydrogens (tertiary/aromatic N) is 2. The van der Waals surface area contributed by atoms with Gasteiger partial charge in [0.2, 0.25) is 0 Å². The van der Waals surface area contributed by atoms with Crippen LogP contribution in [0.2, 0.25) is 0 Å². The van der Waals surface area contributed by atoms with E-state index < -0.39 is 0 Å². The average Bonchev–Trinajstić information content (AvgIpc) is 2.48. The van der Waals surface area contributed by atoms with E-state index in [1.54, 1.807) is 0 Å². The molecular formula is C16H27N3. The molecule has 1 fully saturated rings. The van der Waals surface area contributed by atoms with Gasteiger partial charge in [-0.1, -0.05) is 31.5 Å². The number of hydrogen-bond donors (Lipinski definition) is 1. The third kappa shape index (κ3) is 3.95. The molecule has 0 aliphatic carbocycles. The van der Waals surface area contributed by atoms with Crippen molar-refractivity contribution in [1.29, 1.82) is 0 Å². The third-order valence-corrected chi connectivity index (χ3v) is 4.01. The van der Waals surface area contributed by atoms with E-state index in [1.807, 2.05) is 0 Å². The molecule has 0 bridgehead atoms. The first-order valence-electron chi connectivity index (χ1n) is 7.53. The maximum Gasteiger partial charge on any atom is 0.0367 e. The van der Waals surface area contributed by atoms with Crippen molar-refractivity contribution < 1.29 is 0 Å². The molecule has 0 amide bonds. The minimum atomic E-state index is 0.702. The lowest BCUT2D eigenvalue weighted by molar-refractivity contribution is 0.173. The summed E-state index contributed by atoms with van der Waals surface area (Å²) < 4.78 is 0. The van der Waals surface area contributed by atoms with E-state index in [-0.39, 0.29) is 0 Å². The molecule has 2 rings (SSSR count). The summed E-state index contributed by atoms with van der Waals surface area (Å²) in [7, 11) is 2.06. The first-order chi connectivity index (χ1) is 9.35. The zero-order valence-corrected chi connectivity index (χ0v) is 12.3. The molecule has 1 heterocycles. The Morgan fingerprint density at radius 3 is 2.37 bits per heavy atom. The number of anilines is 1. The van der Waals surface area contributed by atoms with Crippen molar-refractivity contribution in [2.45, 2.75) is 25.8 Å². The predicted molar refractivity (Wildman–Crippen MR) is 82.9 cm³/mol. The maximum absolute atomic E-state index is 3.34. The van der Waals surface area contributed by atoms with E-state index in [0.29, 0.717) is 6.04 Å². The Morgan fingerprint density at radius 2 is 1.79 bits per heavy atom. The molecule has 0 saturated carbocycles. The Bertz CT molecular complexity index is 338. The monoisotopic (exact) mass is 261 g/mol. The van der Waals surface area contributed by atoms with Crippen molar-refractivity contribution >= 4 is 5.69 Å². The highest BCUT2D eigenvalue weighted by atomic mass is 15.3. The van der Waals surface area contributed by atoms with Gasteiger partial charge in [0.1, 0.15) is 0 Å². The summed E-state index contributed by atoms with van der Waals surface area (Å²) >= 11 is 0. The second kappa shape index (κ2) is 7.51. The number of nitrogens with one attached hydrogen (secondary N) is 1. The first-order valence-corrected chi connectivity index (χ1v) is 7.53. The van der Waals surface area contributed by atoms with Gasteiger partial charge in [0, 0.05) is 44.5 Å². The summed E-state index contributed by atoms with van der Waals surface area (Å²) in [5.74, 6) is 0. The fourth-order valence-electron chi connectivity index (χ4n) is 2.97. The van der Waals surface area contributed by atoms with Crippen LogP contribution in [0.1, 0.15) is 19.8 Å². The molecule has 106 valence electrons. The minimum Gasteiger partial charge on any atom is -0.369 e. The van der Waals surface area contributed by atoms with Crippen LogP contribution in [0.25, 0.3) is 0 Å². The van der Waals surface area contributed by atoms with Crippen molar-refractivity contribution in [2.75, 3.05) is 44.7 Å². The largest absolute Gasteiger partial charge is 0.369 e. The number of para-hydroxylation sites is 1. The summed E-state index contributed by atoms with van der Waals surface area (Å²) in [5, 5.41) is 3.34. The van der Waals surface area contributed by atoms with Crippen molar-refractivity contribution in [3.05, 3.63) is 30.3 Å². The topological polar surface area (TPSA) is 18.5 Å². The normalized spacial score (nSPS) is 18.5. The fraction of sp³-hybridized carbons (Fsp3) is 0.625. The van der Waals surface area contributed by atoms with Crippen LogP contribution >= 0.6 is 0 Å². The first kappa shape index (κ1) is 14.4. The summed E-state index contributed by atoms with van der Waals surface area (Å²) in [6.45, 7) is 8.05. The van der Waals surface area contributed by atoms with Crippen LogP contribution in [0.4, 0.5) is 5.69 Å². The average molecular weight is 261 g/mol. The van der Waals surface area contributed by atoms with E-state index in [1.165, 1.54) is 31.6 Å². The highest BCUT2D eigenvalue weighted by molar-refractivity contribution is 5.46. The van der Waals surface area contributed by atoms with Crippen LogP contribution in [0.5, 0.6) is 0 Å². The van der Waals surface area contributed by atoms with Gasteiger partial charge in [-0.05, 0) is 25.6 Å². The van der Waals surface area contributed by atoms with Crippen LogP contribution in [-0.4, -0.2) is 50.7 Å². The molecule has 3 heteroatoms. The Morgan fingerprint density at radius 1 is 1.11 bits per heavy atom. The van der Waals surface area contributed by atoms with Crippen molar-refractivity contribution in [2.24, 2.45) is 0 Å². The van der Waals surface area contributed by atoms with Crippen molar-refractivity contribution in [1.82, 2.24) is 10.2 Å². The lowest BCUT2D eigenvalue weighted by atomic mass is 10.1. The molecule has 19 heavy (non-hydrogen) atoms. The second-order valence-corrected chi connectivity index (χ2v) is 5.36. The number of piperazine rings is 1. The highest BCUT2D eigenvalue weighted by Crippen LogP contribution is 2.17. The molecule has 0 aromatic heterocycles. The molecule has 1 saturated heterocycles. The Hall–Kier alpha value is -1.06. The zero-order valence-electron chi connectivity index (χ0n) is 12.3. The lowest BCUT2D eigenvalue weighted by Gasteiger charge is -2.40. The zero-order chi connectivity index (χ0) is 13.5. The van der Waals surface area contributed by atoms with Gasteiger partial charge in [-0.25, -0.2) is 0 Å². The summed E-state index contributed by atoms with van der Waals surface area (Å²) in [6.07, 6.45) is 2.57. The molecule has 1 aromatic carbocycles. The number of benzene rings is 1. The molecular weight excluding hydrogens is 234 g/mol. The number of rotatable bonds is 6. The van der Waals surface area contributed by atoms with Gasteiger partial charge in [0.15, 0.2) is 0 Å². The van der Waals surface area contributed by atoms with E-state index in [0.717, 1.165) is 19.6 Å². The molecule has 1 aliphatic rings. The fourth-order valence-corrected chi connectivity index (χ4v) is 2.97. The Kier molecular flexibility index (Phi) is 5.67.